The van der Waals surface area contributed by atoms with E-state index in [2.05, 4.69) is 16.0 Å². The van der Waals surface area contributed by atoms with E-state index in [9.17, 15) is 9.59 Å². The van der Waals surface area contributed by atoms with Crippen LogP contribution in [-0.4, -0.2) is 27.8 Å². The lowest BCUT2D eigenvalue weighted by atomic mass is 10.1. The quantitative estimate of drug-likeness (QED) is 0.732. The van der Waals surface area contributed by atoms with Crippen LogP contribution in [0.15, 0.2) is 53.3 Å². The molecular formula is C21H20N4O2. The summed E-state index contributed by atoms with van der Waals surface area (Å²) in [4.78, 5) is 33.3. The molecule has 0 aliphatic carbocycles. The van der Waals surface area contributed by atoms with Crippen LogP contribution in [-0.2, 0) is 17.8 Å². The zero-order chi connectivity index (χ0) is 19.2. The summed E-state index contributed by atoms with van der Waals surface area (Å²) in [5.74, 6) is 0.628. The SMILES string of the molecule is CN(Cc1ccc(C#N)cc1)C(=O)CCCc1nc2ccccc2c(=O)[nH]1. The Morgan fingerprint density at radius 3 is 2.67 bits per heavy atom. The summed E-state index contributed by atoms with van der Waals surface area (Å²) in [7, 11) is 1.76. The van der Waals surface area contributed by atoms with Crippen molar-refractivity contribution in [2.75, 3.05) is 7.05 Å². The minimum Gasteiger partial charge on any atom is -0.341 e. The average molecular weight is 360 g/mol. The molecule has 27 heavy (non-hydrogen) atoms. The molecule has 6 nitrogen and oxygen atoms in total. The Morgan fingerprint density at radius 1 is 1.19 bits per heavy atom. The lowest BCUT2D eigenvalue weighted by Gasteiger charge is -2.17. The summed E-state index contributed by atoms with van der Waals surface area (Å²) in [5.41, 5.74) is 2.09. The van der Waals surface area contributed by atoms with Crippen LogP contribution in [0.4, 0.5) is 0 Å². The number of fused-ring (bicyclic) bond motifs is 1. The predicted octanol–water partition coefficient (Wildman–Crippen LogP) is 2.78. The van der Waals surface area contributed by atoms with Gasteiger partial charge in [0.05, 0.1) is 22.5 Å². The molecule has 2 aromatic carbocycles. The van der Waals surface area contributed by atoms with Crippen molar-refractivity contribution in [3.63, 3.8) is 0 Å². The van der Waals surface area contributed by atoms with Crippen LogP contribution in [0.1, 0.15) is 29.8 Å². The standard InChI is InChI=1S/C21H20N4O2/c1-25(14-16-11-9-15(13-22)10-12-16)20(26)8-4-7-19-23-18-6-3-2-5-17(18)21(27)24-19/h2-3,5-6,9-12H,4,7-8,14H2,1H3,(H,23,24,27). The van der Waals surface area contributed by atoms with Gasteiger partial charge >= 0.3 is 0 Å². The molecule has 0 unspecified atom stereocenters. The van der Waals surface area contributed by atoms with Crippen LogP contribution in [0, 0.1) is 11.3 Å². The second kappa shape index (κ2) is 8.28. The highest BCUT2D eigenvalue weighted by Gasteiger charge is 2.10. The molecule has 0 atom stereocenters. The maximum Gasteiger partial charge on any atom is 0.258 e. The molecule has 1 aromatic heterocycles. The molecule has 0 fully saturated rings. The Morgan fingerprint density at radius 2 is 1.93 bits per heavy atom. The molecule has 1 N–H and O–H groups in total. The number of nitrogens with zero attached hydrogens (tertiary/aromatic N) is 3. The second-order valence-corrected chi connectivity index (χ2v) is 6.44. The Labute approximate surface area is 157 Å². The van der Waals surface area contributed by atoms with Crippen molar-refractivity contribution < 1.29 is 4.79 Å². The van der Waals surface area contributed by atoms with Crippen molar-refractivity contribution in [2.24, 2.45) is 0 Å². The Hall–Kier alpha value is -3.46. The van der Waals surface area contributed by atoms with Crippen LogP contribution in [0.3, 0.4) is 0 Å². The van der Waals surface area contributed by atoms with E-state index in [0.717, 1.165) is 5.56 Å². The Balaban J connectivity index is 1.54. The highest BCUT2D eigenvalue weighted by Crippen LogP contribution is 2.10. The first kappa shape index (κ1) is 18.3. The molecule has 0 saturated carbocycles. The zero-order valence-electron chi connectivity index (χ0n) is 15.1. The third kappa shape index (κ3) is 4.59. The van der Waals surface area contributed by atoms with E-state index in [1.165, 1.54) is 0 Å². The van der Waals surface area contributed by atoms with Crippen molar-refractivity contribution >= 4 is 16.8 Å². The highest BCUT2D eigenvalue weighted by atomic mass is 16.2. The number of hydrogen-bond donors (Lipinski definition) is 1. The molecule has 0 radical (unpaired) electrons. The normalized spacial score (nSPS) is 10.5. The summed E-state index contributed by atoms with van der Waals surface area (Å²) in [5, 5.41) is 9.39. The van der Waals surface area contributed by atoms with Gasteiger partial charge in [-0.05, 0) is 36.2 Å². The molecule has 0 bridgehead atoms. The van der Waals surface area contributed by atoms with E-state index < -0.39 is 0 Å². The van der Waals surface area contributed by atoms with E-state index in [4.69, 9.17) is 5.26 Å². The van der Waals surface area contributed by atoms with E-state index >= 15 is 0 Å². The van der Waals surface area contributed by atoms with Crippen molar-refractivity contribution in [1.82, 2.24) is 14.9 Å². The number of para-hydroxylation sites is 1. The number of aryl methyl sites for hydroxylation is 1. The largest absolute Gasteiger partial charge is 0.341 e. The van der Waals surface area contributed by atoms with Gasteiger partial charge < -0.3 is 9.88 Å². The average Bonchev–Trinajstić information content (AvgIpc) is 2.68. The highest BCUT2D eigenvalue weighted by molar-refractivity contribution is 5.77. The number of carbonyl (C=O) groups is 1. The van der Waals surface area contributed by atoms with Gasteiger partial charge in [0.15, 0.2) is 0 Å². The fourth-order valence-electron chi connectivity index (χ4n) is 2.90. The molecule has 0 aliphatic heterocycles. The van der Waals surface area contributed by atoms with Crippen LogP contribution >= 0.6 is 0 Å². The van der Waals surface area contributed by atoms with E-state index in [0.29, 0.717) is 48.1 Å². The monoisotopic (exact) mass is 360 g/mol. The van der Waals surface area contributed by atoms with Gasteiger partial charge in [-0.15, -0.1) is 0 Å². The number of aromatic nitrogens is 2. The van der Waals surface area contributed by atoms with Crippen molar-refractivity contribution in [2.45, 2.75) is 25.8 Å². The number of benzene rings is 2. The van der Waals surface area contributed by atoms with Gasteiger partial charge in [-0.25, -0.2) is 4.98 Å². The number of H-pyrrole nitrogens is 1. The van der Waals surface area contributed by atoms with Gasteiger partial charge in [0.2, 0.25) is 5.91 Å². The van der Waals surface area contributed by atoms with Crippen molar-refractivity contribution in [3.8, 4) is 6.07 Å². The molecular weight excluding hydrogens is 340 g/mol. The molecule has 1 amide bonds. The van der Waals surface area contributed by atoms with Gasteiger partial charge in [0.25, 0.3) is 5.56 Å². The molecule has 0 spiro atoms. The topological polar surface area (TPSA) is 89.8 Å². The number of nitriles is 1. The first-order chi connectivity index (χ1) is 13.1. The lowest BCUT2D eigenvalue weighted by molar-refractivity contribution is -0.130. The maximum atomic E-state index is 12.3. The molecule has 0 saturated heterocycles. The van der Waals surface area contributed by atoms with Crippen molar-refractivity contribution in [3.05, 3.63) is 75.8 Å². The zero-order valence-corrected chi connectivity index (χ0v) is 15.1. The first-order valence-electron chi connectivity index (χ1n) is 8.78. The minimum absolute atomic E-state index is 0.0301. The summed E-state index contributed by atoms with van der Waals surface area (Å²) < 4.78 is 0. The van der Waals surface area contributed by atoms with Gasteiger partial charge in [-0.2, -0.15) is 5.26 Å². The number of hydrogen-bond acceptors (Lipinski definition) is 4. The lowest BCUT2D eigenvalue weighted by Crippen LogP contribution is -2.26. The van der Waals surface area contributed by atoms with Crippen LogP contribution < -0.4 is 5.56 Å². The van der Waals surface area contributed by atoms with E-state index in [1.54, 1.807) is 36.2 Å². The fraction of sp³-hybridized carbons (Fsp3) is 0.238. The number of aromatic amines is 1. The smallest absolute Gasteiger partial charge is 0.258 e. The minimum atomic E-state index is -0.153. The maximum absolute atomic E-state index is 12.3. The predicted molar refractivity (Wildman–Crippen MR) is 103 cm³/mol. The molecule has 0 aliphatic rings. The third-order valence-electron chi connectivity index (χ3n) is 4.39. The van der Waals surface area contributed by atoms with Crippen LogP contribution in [0.5, 0.6) is 0 Å². The van der Waals surface area contributed by atoms with Gasteiger partial charge in [-0.1, -0.05) is 24.3 Å². The molecule has 3 rings (SSSR count). The summed E-state index contributed by atoms with van der Waals surface area (Å²) in [6.45, 7) is 0.496. The number of carbonyl (C=O) groups excluding carboxylic acids is 1. The third-order valence-corrected chi connectivity index (χ3v) is 4.39. The Bertz CT molecular complexity index is 1050. The number of amides is 1. The number of nitrogens with one attached hydrogen (secondary N) is 1. The Kier molecular flexibility index (Phi) is 5.62. The number of rotatable bonds is 6. The molecule has 1 heterocycles. The molecule has 3 aromatic rings. The molecule has 6 heteroatoms. The van der Waals surface area contributed by atoms with Crippen molar-refractivity contribution in [1.29, 1.82) is 5.26 Å². The summed E-state index contributed by atoms with van der Waals surface area (Å²) in [6.07, 6.45) is 1.53. The van der Waals surface area contributed by atoms with Gasteiger partial charge in [0.1, 0.15) is 5.82 Å². The first-order valence-corrected chi connectivity index (χ1v) is 8.78. The van der Waals surface area contributed by atoms with E-state index in [-0.39, 0.29) is 11.5 Å². The molecule has 136 valence electrons. The van der Waals surface area contributed by atoms with Gasteiger partial charge in [0, 0.05) is 26.4 Å². The van der Waals surface area contributed by atoms with Crippen LogP contribution in [0.25, 0.3) is 10.9 Å². The summed E-state index contributed by atoms with van der Waals surface area (Å²) >= 11 is 0. The fourth-order valence-corrected chi connectivity index (χ4v) is 2.90. The van der Waals surface area contributed by atoms with Crippen LogP contribution in [0.2, 0.25) is 0 Å². The second-order valence-electron chi connectivity index (χ2n) is 6.44. The van der Waals surface area contributed by atoms with Gasteiger partial charge in [-0.3, -0.25) is 9.59 Å². The van der Waals surface area contributed by atoms with E-state index in [1.807, 2.05) is 24.3 Å². The summed E-state index contributed by atoms with van der Waals surface area (Å²) in [6, 6.07) is 16.5.